The van der Waals surface area contributed by atoms with E-state index in [0.717, 1.165) is 0 Å². The van der Waals surface area contributed by atoms with E-state index >= 15 is 0 Å². The lowest BCUT2D eigenvalue weighted by Crippen LogP contribution is -2.12. The fourth-order valence-electron chi connectivity index (χ4n) is 1.33. The van der Waals surface area contributed by atoms with E-state index < -0.39 is 5.97 Å². The fourth-order valence-corrected chi connectivity index (χ4v) is 1.33. The highest BCUT2D eigenvalue weighted by Crippen LogP contribution is 2.12. The number of carboxylic acids is 1. The van der Waals surface area contributed by atoms with E-state index in [0.29, 0.717) is 18.7 Å². The van der Waals surface area contributed by atoms with Crippen LogP contribution in [-0.4, -0.2) is 39.8 Å². The molecule has 1 aromatic rings. The van der Waals surface area contributed by atoms with Gasteiger partial charge >= 0.3 is 5.97 Å². The van der Waals surface area contributed by atoms with Crippen LogP contribution >= 0.6 is 0 Å². The number of rotatable bonds is 5. The van der Waals surface area contributed by atoms with Gasteiger partial charge in [-0.3, -0.25) is 0 Å². The Kier molecular flexibility index (Phi) is 3.79. The molecule has 0 radical (unpaired) electrons. The Morgan fingerprint density at radius 3 is 2.73 bits per heavy atom. The Morgan fingerprint density at radius 2 is 2.27 bits per heavy atom. The zero-order chi connectivity index (χ0) is 11.4. The molecular formula is C9H15N3O3. The molecule has 0 amide bonds. The quantitative estimate of drug-likeness (QED) is 0.780. The van der Waals surface area contributed by atoms with Gasteiger partial charge in [0.1, 0.15) is 0 Å². The highest BCUT2D eigenvalue weighted by Gasteiger charge is 2.19. The molecule has 0 aliphatic carbocycles. The van der Waals surface area contributed by atoms with Crippen molar-refractivity contribution < 1.29 is 14.6 Å². The van der Waals surface area contributed by atoms with Crippen LogP contribution in [0.1, 0.15) is 36.1 Å². The Hall–Kier alpha value is -1.43. The van der Waals surface area contributed by atoms with Crippen LogP contribution in [0.3, 0.4) is 0 Å². The van der Waals surface area contributed by atoms with Crippen LogP contribution in [0.5, 0.6) is 0 Å². The van der Waals surface area contributed by atoms with Crippen LogP contribution in [0.4, 0.5) is 0 Å². The summed E-state index contributed by atoms with van der Waals surface area (Å²) in [5.74, 6) is -1.05. The molecular weight excluding hydrogens is 198 g/mol. The van der Waals surface area contributed by atoms with Crippen molar-refractivity contribution in [1.29, 1.82) is 0 Å². The number of carbonyl (C=O) groups is 1. The van der Waals surface area contributed by atoms with Crippen LogP contribution in [-0.2, 0) is 11.2 Å². The summed E-state index contributed by atoms with van der Waals surface area (Å²) >= 11 is 0. The Labute approximate surface area is 87.9 Å². The molecule has 0 aliphatic heterocycles. The maximum Gasteiger partial charge on any atom is 0.358 e. The molecule has 1 heterocycles. The number of aromatic nitrogens is 3. The first-order valence-corrected chi connectivity index (χ1v) is 4.74. The highest BCUT2D eigenvalue weighted by molar-refractivity contribution is 5.86. The summed E-state index contributed by atoms with van der Waals surface area (Å²) < 4.78 is 6.54. The van der Waals surface area contributed by atoms with Gasteiger partial charge in [0.05, 0.1) is 12.3 Å². The molecule has 84 valence electrons. The van der Waals surface area contributed by atoms with Gasteiger partial charge in [0.25, 0.3) is 0 Å². The number of carboxylic acid groups (broad SMARTS) is 1. The molecule has 0 fully saturated rings. The molecule has 1 aromatic heterocycles. The minimum absolute atomic E-state index is 0.0146. The van der Waals surface area contributed by atoms with Gasteiger partial charge < -0.3 is 9.84 Å². The average molecular weight is 213 g/mol. The van der Waals surface area contributed by atoms with Crippen molar-refractivity contribution >= 4 is 5.97 Å². The number of methoxy groups -OCH3 is 1. The first-order chi connectivity index (χ1) is 7.07. The van der Waals surface area contributed by atoms with Crippen LogP contribution in [0.15, 0.2) is 0 Å². The van der Waals surface area contributed by atoms with Gasteiger partial charge in [-0.2, -0.15) is 0 Å². The van der Waals surface area contributed by atoms with E-state index in [1.54, 1.807) is 11.8 Å². The monoisotopic (exact) mass is 213 g/mol. The van der Waals surface area contributed by atoms with Gasteiger partial charge in [0.2, 0.25) is 0 Å². The summed E-state index contributed by atoms with van der Waals surface area (Å²) in [4.78, 5) is 10.9. The minimum Gasteiger partial charge on any atom is -0.476 e. The van der Waals surface area contributed by atoms with Gasteiger partial charge in [0, 0.05) is 19.6 Å². The first-order valence-electron chi connectivity index (χ1n) is 4.74. The maximum absolute atomic E-state index is 10.9. The van der Waals surface area contributed by atoms with Gasteiger partial charge in [0.15, 0.2) is 5.69 Å². The smallest absolute Gasteiger partial charge is 0.358 e. The van der Waals surface area contributed by atoms with E-state index in [2.05, 4.69) is 10.3 Å². The zero-order valence-corrected chi connectivity index (χ0v) is 9.10. The largest absolute Gasteiger partial charge is 0.476 e. The van der Waals surface area contributed by atoms with E-state index in [-0.39, 0.29) is 11.7 Å². The second-order valence-electron chi connectivity index (χ2n) is 3.47. The SMILES string of the molecule is COCCc1c(C(=O)O)nnn1C(C)C. The first kappa shape index (κ1) is 11.6. The second kappa shape index (κ2) is 4.88. The van der Waals surface area contributed by atoms with E-state index in [9.17, 15) is 4.79 Å². The lowest BCUT2D eigenvalue weighted by atomic mass is 10.2. The highest BCUT2D eigenvalue weighted by atomic mass is 16.5. The van der Waals surface area contributed by atoms with Crippen LogP contribution in [0.2, 0.25) is 0 Å². The Balaban J connectivity index is 3.03. The normalized spacial score (nSPS) is 10.9. The third-order valence-electron chi connectivity index (χ3n) is 2.03. The number of hydrogen-bond acceptors (Lipinski definition) is 4. The van der Waals surface area contributed by atoms with Crippen LogP contribution in [0.25, 0.3) is 0 Å². The Morgan fingerprint density at radius 1 is 1.60 bits per heavy atom. The van der Waals surface area contributed by atoms with Gasteiger partial charge in [-0.15, -0.1) is 5.10 Å². The van der Waals surface area contributed by atoms with Crippen molar-refractivity contribution in [3.05, 3.63) is 11.4 Å². The Bertz CT molecular complexity index is 346. The predicted octanol–water partition coefficient (Wildman–Crippen LogP) is 0.746. The number of aromatic carboxylic acids is 1. The van der Waals surface area contributed by atoms with Crippen molar-refractivity contribution in [1.82, 2.24) is 15.0 Å². The molecule has 0 bridgehead atoms. The standard InChI is InChI=1S/C9H15N3O3/c1-6(2)12-7(4-5-15-3)8(9(13)14)10-11-12/h6H,4-5H2,1-3H3,(H,13,14). The average Bonchev–Trinajstić information content (AvgIpc) is 2.57. The predicted molar refractivity (Wildman–Crippen MR) is 52.9 cm³/mol. The molecule has 0 aromatic carbocycles. The van der Waals surface area contributed by atoms with E-state index in [4.69, 9.17) is 9.84 Å². The number of ether oxygens (including phenoxy) is 1. The van der Waals surface area contributed by atoms with Crippen molar-refractivity contribution in [2.24, 2.45) is 0 Å². The number of nitrogens with zero attached hydrogens (tertiary/aromatic N) is 3. The zero-order valence-electron chi connectivity index (χ0n) is 9.10. The lowest BCUT2D eigenvalue weighted by Gasteiger charge is -2.09. The van der Waals surface area contributed by atoms with Crippen LogP contribution < -0.4 is 0 Å². The van der Waals surface area contributed by atoms with Crippen molar-refractivity contribution in [2.45, 2.75) is 26.3 Å². The second-order valence-corrected chi connectivity index (χ2v) is 3.47. The molecule has 0 unspecified atom stereocenters. The van der Waals surface area contributed by atoms with Crippen molar-refractivity contribution in [2.75, 3.05) is 13.7 Å². The van der Waals surface area contributed by atoms with Gasteiger partial charge in [-0.05, 0) is 13.8 Å². The number of hydrogen-bond donors (Lipinski definition) is 1. The third-order valence-corrected chi connectivity index (χ3v) is 2.03. The molecule has 15 heavy (non-hydrogen) atoms. The van der Waals surface area contributed by atoms with Gasteiger partial charge in [-0.1, -0.05) is 5.21 Å². The van der Waals surface area contributed by atoms with Crippen LogP contribution in [0, 0.1) is 0 Å². The van der Waals surface area contributed by atoms with Crippen molar-refractivity contribution in [3.8, 4) is 0 Å². The molecule has 6 heteroatoms. The van der Waals surface area contributed by atoms with E-state index in [1.807, 2.05) is 13.8 Å². The molecule has 0 aliphatic rings. The summed E-state index contributed by atoms with van der Waals surface area (Å²) in [5.41, 5.74) is 0.625. The molecule has 1 rings (SSSR count). The molecule has 0 saturated heterocycles. The molecule has 1 N–H and O–H groups in total. The lowest BCUT2D eigenvalue weighted by molar-refractivity contribution is 0.0688. The summed E-state index contributed by atoms with van der Waals surface area (Å²) in [7, 11) is 1.57. The van der Waals surface area contributed by atoms with Gasteiger partial charge in [-0.25, -0.2) is 9.48 Å². The minimum atomic E-state index is -1.05. The third kappa shape index (κ3) is 2.53. The molecule has 0 spiro atoms. The summed E-state index contributed by atoms with van der Waals surface area (Å²) in [6.07, 6.45) is 0.503. The maximum atomic E-state index is 10.9. The summed E-state index contributed by atoms with van der Waals surface area (Å²) in [6, 6.07) is 0.0949. The summed E-state index contributed by atoms with van der Waals surface area (Å²) in [6.45, 7) is 4.31. The molecule has 6 nitrogen and oxygen atoms in total. The molecule has 0 saturated carbocycles. The summed E-state index contributed by atoms with van der Waals surface area (Å²) in [5, 5.41) is 16.4. The van der Waals surface area contributed by atoms with Crippen molar-refractivity contribution in [3.63, 3.8) is 0 Å². The molecule has 0 atom stereocenters. The topological polar surface area (TPSA) is 77.2 Å². The van der Waals surface area contributed by atoms with E-state index in [1.165, 1.54) is 0 Å². The fraction of sp³-hybridized carbons (Fsp3) is 0.667.